The van der Waals surface area contributed by atoms with E-state index < -0.39 is 12.1 Å². The van der Waals surface area contributed by atoms with Gasteiger partial charge in [-0.3, -0.25) is 9.69 Å². The van der Waals surface area contributed by atoms with Gasteiger partial charge >= 0.3 is 12.1 Å². The normalized spacial score (nSPS) is 25.1. The van der Waals surface area contributed by atoms with Gasteiger partial charge in [-0.2, -0.15) is 13.2 Å². The predicted octanol–water partition coefficient (Wildman–Crippen LogP) is 3.98. The summed E-state index contributed by atoms with van der Waals surface area (Å²) in [6.45, 7) is 4.24. The molecule has 186 valence electrons. The minimum Gasteiger partial charge on any atom is -0.475 e. The maximum absolute atomic E-state index is 12.7. The van der Waals surface area contributed by atoms with E-state index >= 15 is 0 Å². The zero-order valence-corrected chi connectivity index (χ0v) is 19.3. The molecule has 1 unspecified atom stereocenters. The predicted molar refractivity (Wildman–Crippen MR) is 116 cm³/mol. The molecule has 1 amide bonds. The highest BCUT2D eigenvalue weighted by molar-refractivity contribution is 5.79. The lowest BCUT2D eigenvalue weighted by Crippen LogP contribution is -2.48. The van der Waals surface area contributed by atoms with Crippen LogP contribution in [0, 0.1) is 5.92 Å². The number of carboxylic acid groups (broad SMARTS) is 1. The summed E-state index contributed by atoms with van der Waals surface area (Å²) in [4.78, 5) is 30.8. The molecule has 2 aliphatic heterocycles. The summed E-state index contributed by atoms with van der Waals surface area (Å²) in [5.74, 6) is -1.58. The van der Waals surface area contributed by atoms with Gasteiger partial charge in [0.2, 0.25) is 5.91 Å². The summed E-state index contributed by atoms with van der Waals surface area (Å²) in [7, 11) is 2.07. The zero-order valence-electron chi connectivity index (χ0n) is 19.3. The Kier molecular flexibility index (Phi) is 8.42. The number of likely N-dealkylation sites (tertiary alicyclic amines) is 2. The molecule has 1 spiro atoms. The molecule has 2 saturated heterocycles. The third-order valence-corrected chi connectivity index (χ3v) is 7.40. The number of halogens is 3. The molecule has 0 radical (unpaired) electrons. The number of imidazole rings is 1. The highest BCUT2D eigenvalue weighted by Gasteiger charge is 2.46. The molecule has 3 aliphatic rings. The topological polar surface area (TPSA) is 78.7 Å². The molecule has 4 rings (SSSR count). The fourth-order valence-corrected chi connectivity index (χ4v) is 5.48. The fraction of sp³-hybridized carbons (Fsp3) is 0.783. The van der Waals surface area contributed by atoms with Crippen LogP contribution in [0.15, 0.2) is 12.5 Å². The molecule has 0 bridgehead atoms. The van der Waals surface area contributed by atoms with Crippen molar-refractivity contribution in [1.82, 2.24) is 19.4 Å². The van der Waals surface area contributed by atoms with E-state index in [1.807, 2.05) is 12.5 Å². The van der Waals surface area contributed by atoms with Crippen molar-refractivity contribution in [1.29, 1.82) is 0 Å². The van der Waals surface area contributed by atoms with E-state index in [2.05, 4.69) is 26.4 Å². The quantitative estimate of drug-likeness (QED) is 0.717. The Hall–Kier alpha value is -2.10. The van der Waals surface area contributed by atoms with E-state index in [-0.39, 0.29) is 5.54 Å². The van der Waals surface area contributed by atoms with Crippen LogP contribution in [0.25, 0.3) is 0 Å². The minimum atomic E-state index is -5.08. The monoisotopic (exact) mass is 472 g/mol. The van der Waals surface area contributed by atoms with Crippen LogP contribution in [-0.4, -0.2) is 67.7 Å². The molecule has 1 aromatic rings. The fourth-order valence-electron chi connectivity index (χ4n) is 5.48. The first-order valence-corrected chi connectivity index (χ1v) is 11.9. The van der Waals surface area contributed by atoms with Gasteiger partial charge in [0.05, 0.1) is 12.0 Å². The van der Waals surface area contributed by atoms with Crippen LogP contribution in [-0.2, 0) is 23.2 Å². The number of aliphatic carboxylic acids is 1. The van der Waals surface area contributed by atoms with E-state index in [0.717, 1.165) is 51.4 Å². The Labute approximate surface area is 192 Å². The van der Waals surface area contributed by atoms with Crippen molar-refractivity contribution in [3.8, 4) is 0 Å². The number of alkyl halides is 3. The molecule has 0 aromatic carbocycles. The molecule has 1 saturated carbocycles. The van der Waals surface area contributed by atoms with Gasteiger partial charge in [0.15, 0.2) is 0 Å². The highest BCUT2D eigenvalue weighted by atomic mass is 19.4. The van der Waals surface area contributed by atoms with E-state index in [1.54, 1.807) is 0 Å². The standard InChI is InChI=1S/C21H34N4O.C2HF3O2/c1-23-17-22-14-19(23)16-24-12-5-9-21(11-13-24)10-8-20(26)25(21)15-18-6-3-2-4-7-18;3-2(4,5)1(6)7/h14,17-18H,2-13,15-16H2,1H3;(H,6,7). The number of aromatic nitrogens is 2. The van der Waals surface area contributed by atoms with E-state index in [1.165, 1.54) is 50.6 Å². The molecule has 7 nitrogen and oxygen atoms in total. The van der Waals surface area contributed by atoms with E-state index in [4.69, 9.17) is 9.90 Å². The molecule has 3 heterocycles. The summed E-state index contributed by atoms with van der Waals surface area (Å²) in [5, 5.41) is 7.12. The second-order valence-electron chi connectivity index (χ2n) is 9.66. The van der Waals surface area contributed by atoms with Gasteiger partial charge < -0.3 is 14.6 Å². The number of nitrogens with zero attached hydrogens (tertiary/aromatic N) is 4. The van der Waals surface area contributed by atoms with E-state index in [9.17, 15) is 18.0 Å². The molecular weight excluding hydrogens is 437 g/mol. The van der Waals surface area contributed by atoms with Crippen LogP contribution in [0.3, 0.4) is 0 Å². The average Bonchev–Trinajstić information content (AvgIpc) is 3.22. The lowest BCUT2D eigenvalue weighted by molar-refractivity contribution is -0.192. The van der Waals surface area contributed by atoms with Crippen LogP contribution in [0.4, 0.5) is 13.2 Å². The number of carbonyl (C=O) groups is 2. The first kappa shape index (κ1) is 25.5. The van der Waals surface area contributed by atoms with Gasteiger partial charge in [-0.1, -0.05) is 19.3 Å². The Bertz CT molecular complexity index is 807. The van der Waals surface area contributed by atoms with Crippen molar-refractivity contribution < 1.29 is 27.9 Å². The number of amides is 1. The largest absolute Gasteiger partial charge is 0.490 e. The third kappa shape index (κ3) is 6.71. The summed E-state index contributed by atoms with van der Waals surface area (Å²) in [5.41, 5.74) is 1.43. The summed E-state index contributed by atoms with van der Waals surface area (Å²) >= 11 is 0. The van der Waals surface area contributed by atoms with Gasteiger partial charge in [0, 0.05) is 44.8 Å². The Morgan fingerprint density at radius 3 is 2.45 bits per heavy atom. The molecule has 10 heteroatoms. The van der Waals surface area contributed by atoms with Gasteiger partial charge in [0.25, 0.3) is 0 Å². The lowest BCUT2D eigenvalue weighted by atomic mass is 9.84. The van der Waals surface area contributed by atoms with Crippen LogP contribution in [0.5, 0.6) is 0 Å². The SMILES string of the molecule is Cn1cncc1CN1CCCC2(CCC(=O)N2CC2CCCCC2)CC1.O=C(O)C(F)(F)F. The maximum Gasteiger partial charge on any atom is 0.490 e. The first-order valence-electron chi connectivity index (χ1n) is 11.9. The van der Waals surface area contributed by atoms with Crippen molar-refractivity contribution >= 4 is 11.9 Å². The molecular formula is C23H35F3N4O3. The van der Waals surface area contributed by atoms with Gasteiger partial charge in [-0.25, -0.2) is 9.78 Å². The first-order chi connectivity index (χ1) is 15.6. The second-order valence-corrected chi connectivity index (χ2v) is 9.66. The number of aryl methyl sites for hydroxylation is 1. The smallest absolute Gasteiger partial charge is 0.475 e. The lowest BCUT2D eigenvalue weighted by Gasteiger charge is -2.41. The molecule has 1 aliphatic carbocycles. The number of carboxylic acids is 1. The summed E-state index contributed by atoms with van der Waals surface area (Å²) < 4.78 is 33.9. The van der Waals surface area contributed by atoms with Crippen molar-refractivity contribution in [3.05, 3.63) is 18.2 Å². The van der Waals surface area contributed by atoms with Crippen molar-refractivity contribution in [2.24, 2.45) is 13.0 Å². The molecule has 33 heavy (non-hydrogen) atoms. The van der Waals surface area contributed by atoms with Crippen LogP contribution >= 0.6 is 0 Å². The number of carbonyl (C=O) groups excluding carboxylic acids is 1. The van der Waals surface area contributed by atoms with Crippen molar-refractivity contribution in [3.63, 3.8) is 0 Å². The summed E-state index contributed by atoms with van der Waals surface area (Å²) in [6.07, 6.45) is 10.9. The van der Waals surface area contributed by atoms with Crippen LogP contribution in [0.2, 0.25) is 0 Å². The van der Waals surface area contributed by atoms with Gasteiger partial charge in [-0.15, -0.1) is 0 Å². The van der Waals surface area contributed by atoms with Crippen molar-refractivity contribution in [2.75, 3.05) is 19.6 Å². The Morgan fingerprint density at radius 1 is 1.15 bits per heavy atom. The average molecular weight is 473 g/mol. The molecule has 1 N–H and O–H groups in total. The highest BCUT2D eigenvalue weighted by Crippen LogP contribution is 2.41. The molecule has 3 fully saturated rings. The number of hydrogen-bond acceptors (Lipinski definition) is 4. The van der Waals surface area contributed by atoms with Gasteiger partial charge in [0.1, 0.15) is 0 Å². The number of rotatable bonds is 4. The molecule has 1 aromatic heterocycles. The Balaban J connectivity index is 0.000000383. The minimum absolute atomic E-state index is 0.149. The second kappa shape index (κ2) is 10.9. The van der Waals surface area contributed by atoms with Crippen LogP contribution in [0.1, 0.15) is 69.9 Å². The molecule has 1 atom stereocenters. The van der Waals surface area contributed by atoms with Crippen molar-refractivity contribution in [2.45, 2.75) is 82.5 Å². The van der Waals surface area contributed by atoms with E-state index in [0.29, 0.717) is 5.91 Å². The Morgan fingerprint density at radius 2 is 1.85 bits per heavy atom. The van der Waals surface area contributed by atoms with Crippen LogP contribution < -0.4 is 0 Å². The van der Waals surface area contributed by atoms with Gasteiger partial charge in [-0.05, 0) is 51.0 Å². The third-order valence-electron chi connectivity index (χ3n) is 7.40. The number of hydrogen-bond donors (Lipinski definition) is 1. The maximum atomic E-state index is 12.7. The zero-order chi connectivity index (χ0) is 24.1. The summed E-state index contributed by atoms with van der Waals surface area (Å²) in [6, 6.07) is 0.